The van der Waals surface area contributed by atoms with Crippen LogP contribution in [-0.4, -0.2) is 16.9 Å². The Hall–Kier alpha value is -0.840. The molecule has 1 atom stereocenters. The highest BCUT2D eigenvalue weighted by Gasteiger charge is 2.05. The summed E-state index contributed by atoms with van der Waals surface area (Å²) in [4.78, 5) is 15.4. The van der Waals surface area contributed by atoms with Gasteiger partial charge in [-0.2, -0.15) is 0 Å². The number of anilines is 1. The highest BCUT2D eigenvalue weighted by Crippen LogP contribution is 2.11. The van der Waals surface area contributed by atoms with Crippen LogP contribution in [0.4, 0.5) is 5.69 Å². The Morgan fingerprint density at radius 3 is 2.71 bits per heavy atom. The van der Waals surface area contributed by atoms with E-state index in [1.54, 1.807) is 12.4 Å². The second kappa shape index (κ2) is 9.22. The molecule has 0 aromatic carbocycles. The predicted octanol–water partition coefficient (Wildman–Crippen LogP) is 2.30. The van der Waals surface area contributed by atoms with E-state index in [1.165, 1.54) is 0 Å². The van der Waals surface area contributed by atoms with E-state index in [1.807, 2.05) is 19.9 Å². The number of nitrogens with two attached hydrogens (primary N) is 1. The average molecular weight is 280 g/mol. The monoisotopic (exact) mass is 279 g/mol. The summed E-state index contributed by atoms with van der Waals surface area (Å²) in [6.07, 6.45) is 4.50. The molecule has 0 aliphatic carbocycles. The molecule has 3 N–H and O–H groups in total. The molecule has 0 fully saturated rings. The van der Waals surface area contributed by atoms with Gasteiger partial charge in [0.2, 0.25) is 5.91 Å². The van der Waals surface area contributed by atoms with Gasteiger partial charge in [0.1, 0.15) is 0 Å². The molecule has 0 aliphatic heterocycles. The topological polar surface area (TPSA) is 68.0 Å². The van der Waals surface area contributed by atoms with Gasteiger partial charge in [-0.15, -0.1) is 24.8 Å². The normalized spacial score (nSPS) is 10.8. The number of amides is 1. The standard InChI is InChI=1S/C11H17N3O.2ClH/c1-8-5-6-13-7-10(8)14-11(15)4-3-9(2)12;;/h5-7,9H,3-4,12H2,1-2H3,(H,14,15);2*1H. The summed E-state index contributed by atoms with van der Waals surface area (Å²) in [5, 5.41) is 2.81. The first kappa shape index (κ1) is 18.5. The van der Waals surface area contributed by atoms with Crippen LogP contribution in [0.3, 0.4) is 0 Å². The molecule has 0 saturated carbocycles. The molecule has 1 aromatic heterocycles. The van der Waals surface area contributed by atoms with Crippen molar-refractivity contribution in [2.24, 2.45) is 5.73 Å². The number of aryl methyl sites for hydroxylation is 1. The molecule has 1 rings (SSSR count). The van der Waals surface area contributed by atoms with Crippen molar-refractivity contribution in [1.82, 2.24) is 4.98 Å². The Labute approximate surface area is 114 Å². The smallest absolute Gasteiger partial charge is 0.224 e. The van der Waals surface area contributed by atoms with Crippen molar-refractivity contribution in [3.63, 3.8) is 0 Å². The lowest BCUT2D eigenvalue weighted by atomic mass is 10.2. The summed E-state index contributed by atoms with van der Waals surface area (Å²) >= 11 is 0. The van der Waals surface area contributed by atoms with E-state index in [-0.39, 0.29) is 36.8 Å². The van der Waals surface area contributed by atoms with Gasteiger partial charge in [0.15, 0.2) is 0 Å². The van der Waals surface area contributed by atoms with Crippen LogP contribution in [0.5, 0.6) is 0 Å². The van der Waals surface area contributed by atoms with E-state index in [4.69, 9.17) is 5.73 Å². The second-order valence-corrected chi connectivity index (χ2v) is 3.75. The molecule has 0 radical (unpaired) electrons. The molecule has 0 saturated heterocycles. The Kier molecular flexibility index (Phi) is 10.0. The third-order valence-corrected chi connectivity index (χ3v) is 2.14. The molecule has 0 bridgehead atoms. The van der Waals surface area contributed by atoms with Crippen molar-refractivity contribution in [2.75, 3.05) is 5.32 Å². The average Bonchev–Trinajstić information content (AvgIpc) is 2.18. The van der Waals surface area contributed by atoms with Crippen LogP contribution in [0.2, 0.25) is 0 Å². The molecule has 98 valence electrons. The third kappa shape index (κ3) is 7.15. The molecule has 1 amide bonds. The molecule has 0 aliphatic rings. The van der Waals surface area contributed by atoms with Crippen LogP contribution >= 0.6 is 24.8 Å². The van der Waals surface area contributed by atoms with Crippen LogP contribution in [-0.2, 0) is 4.79 Å². The Balaban J connectivity index is 0. The Morgan fingerprint density at radius 1 is 1.53 bits per heavy atom. The maximum atomic E-state index is 11.5. The van der Waals surface area contributed by atoms with Crippen LogP contribution in [0.25, 0.3) is 0 Å². The van der Waals surface area contributed by atoms with Crippen molar-refractivity contribution in [3.05, 3.63) is 24.0 Å². The summed E-state index contributed by atoms with van der Waals surface area (Å²) in [5.41, 5.74) is 7.36. The van der Waals surface area contributed by atoms with Crippen LogP contribution in [0.15, 0.2) is 18.5 Å². The van der Waals surface area contributed by atoms with Gasteiger partial charge in [0, 0.05) is 18.7 Å². The first-order valence-electron chi connectivity index (χ1n) is 5.05. The molecule has 17 heavy (non-hydrogen) atoms. The van der Waals surface area contributed by atoms with E-state index in [0.29, 0.717) is 12.8 Å². The van der Waals surface area contributed by atoms with E-state index in [9.17, 15) is 4.79 Å². The number of carbonyl (C=O) groups is 1. The minimum absolute atomic E-state index is 0. The number of pyridine rings is 1. The lowest BCUT2D eigenvalue weighted by molar-refractivity contribution is -0.116. The van der Waals surface area contributed by atoms with Gasteiger partial charge in [-0.05, 0) is 31.9 Å². The summed E-state index contributed by atoms with van der Waals surface area (Å²) in [6, 6.07) is 1.92. The van der Waals surface area contributed by atoms with E-state index in [2.05, 4.69) is 10.3 Å². The van der Waals surface area contributed by atoms with Gasteiger partial charge in [0.25, 0.3) is 0 Å². The molecule has 0 spiro atoms. The van der Waals surface area contributed by atoms with Crippen molar-refractivity contribution >= 4 is 36.4 Å². The van der Waals surface area contributed by atoms with Gasteiger partial charge < -0.3 is 11.1 Å². The minimum atomic E-state index is -0.0107. The molecule has 1 heterocycles. The quantitative estimate of drug-likeness (QED) is 0.889. The molecule has 1 unspecified atom stereocenters. The van der Waals surface area contributed by atoms with Gasteiger partial charge in [-0.25, -0.2) is 0 Å². The van der Waals surface area contributed by atoms with E-state index in [0.717, 1.165) is 11.3 Å². The highest BCUT2D eigenvalue weighted by molar-refractivity contribution is 5.91. The number of nitrogens with zero attached hydrogens (tertiary/aromatic N) is 1. The number of rotatable bonds is 4. The largest absolute Gasteiger partial charge is 0.328 e. The summed E-state index contributed by atoms with van der Waals surface area (Å²) < 4.78 is 0. The zero-order chi connectivity index (χ0) is 11.3. The van der Waals surface area contributed by atoms with Crippen molar-refractivity contribution in [3.8, 4) is 0 Å². The first-order chi connectivity index (χ1) is 7.09. The number of hydrogen-bond acceptors (Lipinski definition) is 3. The van der Waals surface area contributed by atoms with Crippen LogP contribution in [0.1, 0.15) is 25.3 Å². The number of aromatic nitrogens is 1. The lowest BCUT2D eigenvalue weighted by Crippen LogP contribution is -2.19. The maximum absolute atomic E-state index is 11.5. The number of halogens is 2. The molecule has 4 nitrogen and oxygen atoms in total. The SMILES string of the molecule is Cc1ccncc1NC(=O)CCC(C)N.Cl.Cl. The molecule has 6 heteroatoms. The zero-order valence-electron chi connectivity index (χ0n) is 9.97. The van der Waals surface area contributed by atoms with Gasteiger partial charge in [0.05, 0.1) is 11.9 Å². The predicted molar refractivity (Wildman–Crippen MR) is 75.0 cm³/mol. The van der Waals surface area contributed by atoms with E-state index >= 15 is 0 Å². The Morgan fingerprint density at radius 2 is 2.18 bits per heavy atom. The van der Waals surface area contributed by atoms with Crippen LogP contribution in [0, 0.1) is 6.92 Å². The fraction of sp³-hybridized carbons (Fsp3) is 0.455. The molecular formula is C11H19Cl2N3O. The molecule has 1 aromatic rings. The summed E-state index contributed by atoms with van der Waals surface area (Å²) in [6.45, 7) is 3.82. The fourth-order valence-electron chi connectivity index (χ4n) is 1.17. The maximum Gasteiger partial charge on any atom is 0.224 e. The minimum Gasteiger partial charge on any atom is -0.328 e. The first-order valence-corrected chi connectivity index (χ1v) is 5.05. The Bertz CT molecular complexity index is 345. The fourth-order valence-corrected chi connectivity index (χ4v) is 1.17. The highest BCUT2D eigenvalue weighted by atomic mass is 35.5. The second-order valence-electron chi connectivity index (χ2n) is 3.75. The van der Waals surface area contributed by atoms with Gasteiger partial charge in [-0.3, -0.25) is 9.78 Å². The number of carbonyl (C=O) groups excluding carboxylic acids is 1. The third-order valence-electron chi connectivity index (χ3n) is 2.14. The van der Waals surface area contributed by atoms with Gasteiger partial charge >= 0.3 is 0 Å². The van der Waals surface area contributed by atoms with Crippen molar-refractivity contribution < 1.29 is 4.79 Å². The summed E-state index contributed by atoms with van der Waals surface area (Å²) in [5.74, 6) is -0.0107. The van der Waals surface area contributed by atoms with Crippen molar-refractivity contribution in [1.29, 1.82) is 0 Å². The number of hydrogen-bond donors (Lipinski definition) is 2. The van der Waals surface area contributed by atoms with Gasteiger partial charge in [-0.1, -0.05) is 0 Å². The number of nitrogens with one attached hydrogen (secondary N) is 1. The van der Waals surface area contributed by atoms with E-state index < -0.39 is 0 Å². The lowest BCUT2D eigenvalue weighted by Gasteiger charge is -2.08. The zero-order valence-corrected chi connectivity index (χ0v) is 11.6. The molecular weight excluding hydrogens is 261 g/mol. The summed E-state index contributed by atoms with van der Waals surface area (Å²) in [7, 11) is 0. The van der Waals surface area contributed by atoms with Crippen LogP contribution < -0.4 is 11.1 Å². The van der Waals surface area contributed by atoms with Crippen molar-refractivity contribution in [2.45, 2.75) is 32.7 Å².